The molecule has 3 heteroatoms. The molecule has 1 saturated heterocycles. The third kappa shape index (κ3) is 2.56. The zero-order valence-electron chi connectivity index (χ0n) is 11.5. The molecule has 19 heavy (non-hydrogen) atoms. The lowest BCUT2D eigenvalue weighted by Crippen LogP contribution is -2.42. The highest BCUT2D eigenvalue weighted by atomic mass is 16.5. The van der Waals surface area contributed by atoms with Gasteiger partial charge in [0.25, 0.3) is 0 Å². The molecule has 0 aliphatic carbocycles. The Morgan fingerprint density at radius 1 is 1.32 bits per heavy atom. The predicted octanol–water partition coefficient (Wildman–Crippen LogP) is 2.92. The van der Waals surface area contributed by atoms with Crippen LogP contribution in [0.1, 0.15) is 19.0 Å². The van der Waals surface area contributed by atoms with E-state index in [9.17, 15) is 0 Å². The summed E-state index contributed by atoms with van der Waals surface area (Å²) in [6.07, 6.45) is 1.42. The minimum absolute atomic E-state index is 0.249. The largest absolute Gasteiger partial charge is 0.488 e. The van der Waals surface area contributed by atoms with E-state index < -0.39 is 0 Å². The molecule has 1 aliphatic heterocycles. The van der Waals surface area contributed by atoms with Gasteiger partial charge >= 0.3 is 0 Å². The second-order valence-corrected chi connectivity index (χ2v) is 5.41. The molecule has 1 aromatic carbocycles. The Balaban J connectivity index is 1.95. The molecular weight excluding hydrogens is 236 g/mol. The lowest BCUT2D eigenvalue weighted by molar-refractivity contribution is 0.116. The minimum Gasteiger partial charge on any atom is -0.488 e. The molecule has 100 valence electrons. The number of rotatable bonds is 2. The molecule has 2 aromatic rings. The summed E-state index contributed by atoms with van der Waals surface area (Å²) < 4.78 is 6.26. The smallest absolute Gasteiger partial charge is 0.131 e. The van der Waals surface area contributed by atoms with E-state index in [0.717, 1.165) is 35.4 Å². The van der Waals surface area contributed by atoms with Gasteiger partial charge in [-0.2, -0.15) is 0 Å². The molecule has 0 radical (unpaired) electrons. The zero-order valence-corrected chi connectivity index (χ0v) is 11.5. The fraction of sp³-hybridized carbons (Fsp3) is 0.438. The number of pyridine rings is 1. The average Bonchev–Trinajstić information content (AvgIpc) is 2.41. The summed E-state index contributed by atoms with van der Waals surface area (Å²) in [7, 11) is 0. The van der Waals surface area contributed by atoms with Crippen molar-refractivity contribution in [2.45, 2.75) is 26.4 Å². The second-order valence-electron chi connectivity index (χ2n) is 5.41. The highest BCUT2D eigenvalue weighted by Crippen LogP contribution is 2.28. The van der Waals surface area contributed by atoms with E-state index in [2.05, 4.69) is 23.3 Å². The zero-order chi connectivity index (χ0) is 13.2. The molecule has 1 fully saturated rings. The normalized spacial score (nSPS) is 23.5. The summed E-state index contributed by atoms with van der Waals surface area (Å²) in [5.74, 6) is 1.55. The van der Waals surface area contributed by atoms with Gasteiger partial charge in [-0.15, -0.1) is 0 Å². The summed E-state index contributed by atoms with van der Waals surface area (Å²) in [6.45, 7) is 6.30. The quantitative estimate of drug-likeness (QED) is 0.897. The van der Waals surface area contributed by atoms with Crippen LogP contribution in [0.5, 0.6) is 5.75 Å². The van der Waals surface area contributed by atoms with E-state index >= 15 is 0 Å². The first-order chi connectivity index (χ1) is 9.24. The third-order valence-corrected chi connectivity index (χ3v) is 3.84. The van der Waals surface area contributed by atoms with Gasteiger partial charge in [0.05, 0.1) is 5.52 Å². The van der Waals surface area contributed by atoms with Crippen molar-refractivity contribution in [3.63, 3.8) is 0 Å². The molecule has 0 saturated carbocycles. The minimum atomic E-state index is 0.249. The predicted molar refractivity (Wildman–Crippen MR) is 77.5 cm³/mol. The van der Waals surface area contributed by atoms with E-state index in [-0.39, 0.29) is 6.10 Å². The summed E-state index contributed by atoms with van der Waals surface area (Å²) >= 11 is 0. The van der Waals surface area contributed by atoms with Gasteiger partial charge in [-0.05, 0) is 37.9 Å². The Morgan fingerprint density at radius 3 is 3.00 bits per heavy atom. The van der Waals surface area contributed by atoms with Crippen LogP contribution in [0.4, 0.5) is 0 Å². The molecule has 0 bridgehead atoms. The van der Waals surface area contributed by atoms with Gasteiger partial charge in [0.2, 0.25) is 0 Å². The maximum absolute atomic E-state index is 6.26. The first-order valence-electron chi connectivity index (χ1n) is 6.98. The van der Waals surface area contributed by atoms with Crippen molar-refractivity contribution in [1.82, 2.24) is 10.3 Å². The average molecular weight is 256 g/mol. The van der Waals surface area contributed by atoms with Crippen molar-refractivity contribution < 1.29 is 4.74 Å². The van der Waals surface area contributed by atoms with Crippen molar-refractivity contribution in [3.8, 4) is 5.75 Å². The van der Waals surface area contributed by atoms with E-state index in [0.29, 0.717) is 5.92 Å². The Kier molecular flexibility index (Phi) is 3.38. The summed E-state index contributed by atoms with van der Waals surface area (Å²) in [4.78, 5) is 4.55. The van der Waals surface area contributed by atoms with Crippen molar-refractivity contribution in [2.75, 3.05) is 13.1 Å². The lowest BCUT2D eigenvalue weighted by Gasteiger charge is -2.30. The monoisotopic (exact) mass is 256 g/mol. The number of hydrogen-bond donors (Lipinski definition) is 1. The summed E-state index contributed by atoms with van der Waals surface area (Å²) in [5.41, 5.74) is 2.01. The standard InChI is InChI=1S/C16H20N2O/c1-11-7-8-17-10-16(11)19-15-9-12(2)18-14-6-4-3-5-13(14)15/h3-6,9,11,16-17H,7-8,10H2,1-2H3. The number of nitrogens with zero attached hydrogens (tertiary/aromatic N) is 1. The van der Waals surface area contributed by atoms with Gasteiger partial charge in [0, 0.05) is 23.7 Å². The number of ether oxygens (including phenoxy) is 1. The summed E-state index contributed by atoms with van der Waals surface area (Å²) in [6, 6.07) is 10.2. The topological polar surface area (TPSA) is 34.1 Å². The molecule has 3 rings (SSSR count). The molecule has 2 unspecified atom stereocenters. The van der Waals surface area contributed by atoms with Crippen molar-refractivity contribution in [1.29, 1.82) is 0 Å². The maximum Gasteiger partial charge on any atom is 0.131 e. The molecule has 1 aromatic heterocycles. The van der Waals surface area contributed by atoms with Crippen LogP contribution in [0.2, 0.25) is 0 Å². The van der Waals surface area contributed by atoms with Crippen LogP contribution >= 0.6 is 0 Å². The van der Waals surface area contributed by atoms with E-state index in [1.54, 1.807) is 0 Å². The first kappa shape index (κ1) is 12.4. The first-order valence-corrected chi connectivity index (χ1v) is 6.98. The van der Waals surface area contributed by atoms with Crippen molar-refractivity contribution >= 4 is 10.9 Å². The number of para-hydroxylation sites is 1. The molecule has 1 aliphatic rings. The van der Waals surface area contributed by atoms with Crippen molar-refractivity contribution in [3.05, 3.63) is 36.0 Å². The van der Waals surface area contributed by atoms with Crippen LogP contribution in [0.15, 0.2) is 30.3 Å². The van der Waals surface area contributed by atoms with Gasteiger partial charge < -0.3 is 10.1 Å². The number of piperidine rings is 1. The Bertz CT molecular complexity index is 582. The Hall–Kier alpha value is -1.61. The number of fused-ring (bicyclic) bond motifs is 1. The van der Waals surface area contributed by atoms with Crippen LogP contribution in [0.25, 0.3) is 10.9 Å². The maximum atomic E-state index is 6.26. The van der Waals surface area contributed by atoms with Crippen LogP contribution in [-0.4, -0.2) is 24.2 Å². The van der Waals surface area contributed by atoms with Gasteiger partial charge in [0.15, 0.2) is 0 Å². The van der Waals surface area contributed by atoms with E-state index in [1.807, 2.05) is 31.2 Å². The second kappa shape index (κ2) is 5.17. The fourth-order valence-electron chi connectivity index (χ4n) is 2.65. The molecule has 2 atom stereocenters. The number of aromatic nitrogens is 1. The third-order valence-electron chi connectivity index (χ3n) is 3.84. The van der Waals surface area contributed by atoms with Crippen LogP contribution in [0, 0.1) is 12.8 Å². The van der Waals surface area contributed by atoms with E-state index in [1.165, 1.54) is 6.42 Å². The van der Waals surface area contributed by atoms with Crippen molar-refractivity contribution in [2.24, 2.45) is 5.92 Å². The van der Waals surface area contributed by atoms with Gasteiger partial charge in [-0.1, -0.05) is 19.1 Å². The highest BCUT2D eigenvalue weighted by Gasteiger charge is 2.23. The van der Waals surface area contributed by atoms with Gasteiger partial charge in [0.1, 0.15) is 11.9 Å². The number of hydrogen-bond acceptors (Lipinski definition) is 3. The van der Waals surface area contributed by atoms with E-state index in [4.69, 9.17) is 4.74 Å². The highest BCUT2D eigenvalue weighted by molar-refractivity contribution is 5.85. The lowest BCUT2D eigenvalue weighted by atomic mass is 9.97. The Morgan fingerprint density at radius 2 is 2.16 bits per heavy atom. The number of nitrogens with one attached hydrogen (secondary N) is 1. The molecule has 0 spiro atoms. The van der Waals surface area contributed by atoms with Crippen LogP contribution in [-0.2, 0) is 0 Å². The van der Waals surface area contributed by atoms with Crippen LogP contribution in [0.3, 0.4) is 0 Å². The molecule has 0 amide bonds. The molecule has 2 heterocycles. The van der Waals surface area contributed by atoms with Gasteiger partial charge in [-0.3, -0.25) is 4.98 Å². The molecule has 3 nitrogen and oxygen atoms in total. The van der Waals surface area contributed by atoms with Crippen LogP contribution < -0.4 is 10.1 Å². The molecular formula is C16H20N2O. The summed E-state index contributed by atoms with van der Waals surface area (Å²) in [5, 5.41) is 4.51. The SMILES string of the molecule is Cc1cc(OC2CNCCC2C)c2ccccc2n1. The number of benzene rings is 1. The number of aryl methyl sites for hydroxylation is 1. The molecule has 1 N–H and O–H groups in total. The Labute approximate surface area is 114 Å². The van der Waals surface area contributed by atoms with Gasteiger partial charge in [-0.25, -0.2) is 0 Å². The fourth-order valence-corrected chi connectivity index (χ4v) is 2.65.